The standard InChI is InChI=1S/C14H17BrN4O/c1-2-11-13(14(20)18-7-5-16-6-8-18)19-9-10(15)3-4-12(19)17-11/h3-4,9,16H,2,5-8H2,1H3. The number of amides is 1. The van der Waals surface area contributed by atoms with Gasteiger partial charge in [0.25, 0.3) is 5.91 Å². The summed E-state index contributed by atoms with van der Waals surface area (Å²) in [6.07, 6.45) is 2.67. The van der Waals surface area contributed by atoms with Crippen molar-refractivity contribution in [3.8, 4) is 0 Å². The molecule has 20 heavy (non-hydrogen) atoms. The second kappa shape index (κ2) is 5.54. The number of nitrogens with zero attached hydrogens (tertiary/aromatic N) is 3. The summed E-state index contributed by atoms with van der Waals surface area (Å²) in [4.78, 5) is 19.3. The maximum Gasteiger partial charge on any atom is 0.272 e. The van der Waals surface area contributed by atoms with Crippen LogP contribution in [0.3, 0.4) is 0 Å². The number of aromatic nitrogens is 2. The Kier molecular flexibility index (Phi) is 3.76. The minimum absolute atomic E-state index is 0.0777. The fourth-order valence-corrected chi connectivity index (χ4v) is 2.90. The number of aryl methyl sites for hydroxylation is 1. The van der Waals surface area contributed by atoms with Gasteiger partial charge < -0.3 is 10.2 Å². The quantitative estimate of drug-likeness (QED) is 0.908. The average molecular weight is 337 g/mol. The van der Waals surface area contributed by atoms with E-state index in [-0.39, 0.29) is 5.91 Å². The number of piperazine rings is 1. The fraction of sp³-hybridized carbons (Fsp3) is 0.429. The third-order valence-corrected chi connectivity index (χ3v) is 4.07. The summed E-state index contributed by atoms with van der Waals surface area (Å²) in [5.74, 6) is 0.0777. The number of carbonyl (C=O) groups excluding carboxylic acids is 1. The average Bonchev–Trinajstić information content (AvgIpc) is 2.85. The highest BCUT2D eigenvalue weighted by Gasteiger charge is 2.24. The van der Waals surface area contributed by atoms with Crippen LogP contribution < -0.4 is 5.32 Å². The molecule has 106 valence electrons. The molecule has 1 aliphatic heterocycles. The smallest absolute Gasteiger partial charge is 0.272 e. The number of rotatable bonds is 2. The number of hydrogen-bond donors (Lipinski definition) is 1. The summed E-state index contributed by atoms with van der Waals surface area (Å²) in [6, 6.07) is 3.87. The molecular weight excluding hydrogens is 320 g/mol. The van der Waals surface area contributed by atoms with Crippen molar-refractivity contribution in [1.29, 1.82) is 0 Å². The van der Waals surface area contributed by atoms with E-state index >= 15 is 0 Å². The molecule has 1 fully saturated rings. The summed E-state index contributed by atoms with van der Waals surface area (Å²) in [7, 11) is 0. The van der Waals surface area contributed by atoms with Gasteiger partial charge in [-0.25, -0.2) is 4.98 Å². The van der Waals surface area contributed by atoms with Crippen molar-refractivity contribution in [1.82, 2.24) is 19.6 Å². The van der Waals surface area contributed by atoms with Crippen molar-refractivity contribution in [2.45, 2.75) is 13.3 Å². The van der Waals surface area contributed by atoms with E-state index < -0.39 is 0 Å². The van der Waals surface area contributed by atoms with Gasteiger partial charge in [-0.3, -0.25) is 9.20 Å². The highest BCUT2D eigenvalue weighted by molar-refractivity contribution is 9.10. The molecule has 0 aliphatic carbocycles. The van der Waals surface area contributed by atoms with Crippen molar-refractivity contribution < 1.29 is 4.79 Å². The zero-order valence-corrected chi connectivity index (χ0v) is 13.0. The van der Waals surface area contributed by atoms with E-state index in [9.17, 15) is 4.79 Å². The molecular formula is C14H17BrN4O. The lowest BCUT2D eigenvalue weighted by Crippen LogP contribution is -2.46. The highest BCUT2D eigenvalue weighted by Crippen LogP contribution is 2.19. The predicted octanol–water partition coefficient (Wildman–Crippen LogP) is 1.70. The van der Waals surface area contributed by atoms with E-state index in [4.69, 9.17) is 0 Å². The van der Waals surface area contributed by atoms with E-state index in [1.165, 1.54) is 0 Å². The van der Waals surface area contributed by atoms with Gasteiger partial charge in [-0.1, -0.05) is 6.92 Å². The van der Waals surface area contributed by atoms with Crippen molar-refractivity contribution >= 4 is 27.5 Å². The molecule has 1 N–H and O–H groups in total. The zero-order valence-electron chi connectivity index (χ0n) is 11.4. The Morgan fingerprint density at radius 3 is 2.85 bits per heavy atom. The van der Waals surface area contributed by atoms with Crippen molar-refractivity contribution in [3.05, 3.63) is 34.2 Å². The first kappa shape index (κ1) is 13.6. The zero-order chi connectivity index (χ0) is 14.1. The van der Waals surface area contributed by atoms with Crippen LogP contribution in [-0.2, 0) is 6.42 Å². The maximum atomic E-state index is 12.8. The molecule has 6 heteroatoms. The lowest BCUT2D eigenvalue weighted by Gasteiger charge is -2.27. The van der Waals surface area contributed by atoms with Crippen LogP contribution in [-0.4, -0.2) is 46.4 Å². The Morgan fingerprint density at radius 1 is 1.40 bits per heavy atom. The molecule has 1 amide bonds. The van der Waals surface area contributed by atoms with Crippen LogP contribution in [0, 0.1) is 0 Å². The number of hydrogen-bond acceptors (Lipinski definition) is 3. The molecule has 0 radical (unpaired) electrons. The highest BCUT2D eigenvalue weighted by atomic mass is 79.9. The Morgan fingerprint density at radius 2 is 2.15 bits per heavy atom. The van der Waals surface area contributed by atoms with Gasteiger partial charge >= 0.3 is 0 Å². The lowest BCUT2D eigenvalue weighted by molar-refractivity contribution is 0.0727. The van der Waals surface area contributed by atoms with Crippen LogP contribution >= 0.6 is 15.9 Å². The summed E-state index contributed by atoms with van der Waals surface area (Å²) < 4.78 is 2.84. The first-order valence-electron chi connectivity index (χ1n) is 6.87. The molecule has 2 aromatic rings. The second-order valence-corrected chi connectivity index (χ2v) is 5.79. The third-order valence-electron chi connectivity index (χ3n) is 3.60. The number of carbonyl (C=O) groups is 1. The van der Waals surface area contributed by atoms with Crippen LogP contribution in [0.2, 0.25) is 0 Å². The van der Waals surface area contributed by atoms with Crippen LogP contribution in [0.5, 0.6) is 0 Å². The van der Waals surface area contributed by atoms with Crippen molar-refractivity contribution in [3.63, 3.8) is 0 Å². The Balaban J connectivity index is 2.08. The SMILES string of the molecule is CCc1nc2ccc(Br)cn2c1C(=O)N1CCNCC1. The Labute approximate surface area is 126 Å². The molecule has 2 aromatic heterocycles. The fourth-order valence-electron chi connectivity index (χ4n) is 2.56. The molecule has 0 unspecified atom stereocenters. The molecule has 0 spiro atoms. The van der Waals surface area contributed by atoms with Gasteiger partial charge in [0.05, 0.1) is 5.69 Å². The van der Waals surface area contributed by atoms with Gasteiger partial charge in [-0.05, 0) is 34.5 Å². The van der Waals surface area contributed by atoms with E-state index in [1.54, 1.807) is 0 Å². The molecule has 5 nitrogen and oxygen atoms in total. The van der Waals surface area contributed by atoms with Crippen LogP contribution in [0.4, 0.5) is 0 Å². The number of nitrogens with one attached hydrogen (secondary N) is 1. The van der Waals surface area contributed by atoms with Crippen molar-refractivity contribution in [2.75, 3.05) is 26.2 Å². The number of fused-ring (bicyclic) bond motifs is 1. The van der Waals surface area contributed by atoms with Gasteiger partial charge in [-0.2, -0.15) is 0 Å². The molecule has 3 rings (SSSR count). The van der Waals surface area contributed by atoms with E-state index in [0.717, 1.165) is 48.4 Å². The summed E-state index contributed by atoms with van der Waals surface area (Å²) >= 11 is 3.46. The summed E-state index contributed by atoms with van der Waals surface area (Å²) in [5, 5.41) is 3.27. The number of halogens is 1. The van der Waals surface area contributed by atoms with Gasteiger partial charge in [0.2, 0.25) is 0 Å². The topological polar surface area (TPSA) is 49.6 Å². The number of pyridine rings is 1. The van der Waals surface area contributed by atoms with Crippen LogP contribution in [0.15, 0.2) is 22.8 Å². The first-order chi connectivity index (χ1) is 9.70. The Bertz CT molecular complexity index is 646. The minimum Gasteiger partial charge on any atom is -0.335 e. The third kappa shape index (κ3) is 2.33. The molecule has 0 bridgehead atoms. The maximum absolute atomic E-state index is 12.8. The van der Waals surface area contributed by atoms with Crippen LogP contribution in [0.1, 0.15) is 23.1 Å². The van der Waals surface area contributed by atoms with Gasteiger partial charge in [-0.15, -0.1) is 0 Å². The normalized spacial score (nSPS) is 15.8. The molecule has 0 atom stereocenters. The van der Waals surface area contributed by atoms with Crippen molar-refractivity contribution in [2.24, 2.45) is 0 Å². The lowest BCUT2D eigenvalue weighted by atomic mass is 10.2. The summed E-state index contributed by atoms with van der Waals surface area (Å²) in [5.41, 5.74) is 2.39. The van der Waals surface area contributed by atoms with E-state index in [2.05, 4.69) is 26.2 Å². The first-order valence-corrected chi connectivity index (χ1v) is 7.66. The monoisotopic (exact) mass is 336 g/mol. The second-order valence-electron chi connectivity index (χ2n) is 4.88. The summed E-state index contributed by atoms with van der Waals surface area (Å²) in [6.45, 7) is 5.25. The van der Waals surface area contributed by atoms with Gasteiger partial charge in [0.1, 0.15) is 11.3 Å². The molecule has 0 saturated carbocycles. The van der Waals surface area contributed by atoms with E-state index in [0.29, 0.717) is 5.69 Å². The molecule has 0 aromatic carbocycles. The van der Waals surface area contributed by atoms with E-state index in [1.807, 2.05) is 34.6 Å². The molecule has 3 heterocycles. The van der Waals surface area contributed by atoms with Crippen LogP contribution in [0.25, 0.3) is 5.65 Å². The predicted molar refractivity (Wildman–Crippen MR) is 81.0 cm³/mol. The number of imidazole rings is 1. The van der Waals surface area contributed by atoms with Gasteiger partial charge in [0, 0.05) is 36.8 Å². The Hall–Kier alpha value is -1.40. The largest absolute Gasteiger partial charge is 0.335 e. The molecule has 1 saturated heterocycles. The molecule has 1 aliphatic rings. The van der Waals surface area contributed by atoms with Gasteiger partial charge in [0.15, 0.2) is 0 Å². The minimum atomic E-state index is 0.0777.